The lowest BCUT2D eigenvalue weighted by molar-refractivity contribution is -0.142. The van der Waals surface area contributed by atoms with Crippen LogP contribution in [0.1, 0.15) is 47.8 Å². The third-order valence-electron chi connectivity index (χ3n) is 6.46. The maximum atomic E-state index is 14.1. The number of halogens is 4. The standard InChI is InChI=1S/C22H19BrF3N3O3/c23-17-3-1-15(26)19(27-17)20(30)28-7-5-22(6-8-28)21(31)29-16(2-4-18(29)32-22)12-9-13(24)11-14(25)10-12/h1,3,9-11,16,18H,2,4-8H2/t16-,18+/m0/s1. The molecule has 3 aliphatic rings. The lowest BCUT2D eigenvalue weighted by Crippen LogP contribution is -2.51. The number of likely N-dealkylation sites (tertiary alicyclic amines) is 1. The number of amides is 2. The molecule has 4 heterocycles. The van der Waals surface area contributed by atoms with Gasteiger partial charge in [-0.15, -0.1) is 0 Å². The van der Waals surface area contributed by atoms with Crippen LogP contribution in [0.25, 0.3) is 0 Å². The first-order valence-corrected chi connectivity index (χ1v) is 11.1. The van der Waals surface area contributed by atoms with E-state index in [1.807, 2.05) is 0 Å². The van der Waals surface area contributed by atoms with Crippen LogP contribution in [0, 0.1) is 17.5 Å². The molecule has 0 aliphatic carbocycles. The number of pyridine rings is 1. The zero-order chi connectivity index (χ0) is 22.6. The number of ether oxygens (including phenoxy) is 1. The van der Waals surface area contributed by atoms with Crippen molar-refractivity contribution in [3.63, 3.8) is 0 Å². The Labute approximate surface area is 190 Å². The van der Waals surface area contributed by atoms with Gasteiger partial charge in [0.1, 0.15) is 22.5 Å². The molecule has 3 fully saturated rings. The van der Waals surface area contributed by atoms with E-state index in [1.165, 1.54) is 29.2 Å². The number of hydrogen-bond acceptors (Lipinski definition) is 4. The Kier molecular flexibility index (Phi) is 5.24. The van der Waals surface area contributed by atoms with E-state index in [9.17, 15) is 22.8 Å². The van der Waals surface area contributed by atoms with Crippen LogP contribution < -0.4 is 0 Å². The summed E-state index contributed by atoms with van der Waals surface area (Å²) in [4.78, 5) is 33.1. The van der Waals surface area contributed by atoms with E-state index < -0.39 is 41.2 Å². The summed E-state index contributed by atoms with van der Waals surface area (Å²) in [7, 11) is 0. The highest BCUT2D eigenvalue weighted by molar-refractivity contribution is 9.10. The predicted octanol–water partition coefficient (Wildman–Crippen LogP) is 3.96. The van der Waals surface area contributed by atoms with Gasteiger partial charge in [-0.2, -0.15) is 0 Å². The third-order valence-corrected chi connectivity index (χ3v) is 6.90. The Hall–Kier alpha value is -2.46. The first kappa shape index (κ1) is 21.4. The lowest BCUT2D eigenvalue weighted by atomic mass is 9.89. The van der Waals surface area contributed by atoms with E-state index in [4.69, 9.17) is 4.74 Å². The van der Waals surface area contributed by atoms with Crippen LogP contribution in [0.2, 0.25) is 0 Å². The second-order valence-electron chi connectivity index (χ2n) is 8.33. The van der Waals surface area contributed by atoms with Crippen molar-refractivity contribution in [1.82, 2.24) is 14.8 Å². The molecule has 0 N–H and O–H groups in total. The van der Waals surface area contributed by atoms with Crippen LogP contribution in [-0.2, 0) is 9.53 Å². The predicted molar refractivity (Wildman–Crippen MR) is 110 cm³/mol. The minimum absolute atomic E-state index is 0.206. The van der Waals surface area contributed by atoms with Gasteiger partial charge in [-0.25, -0.2) is 18.2 Å². The topological polar surface area (TPSA) is 62.7 Å². The summed E-state index contributed by atoms with van der Waals surface area (Å²) in [5, 5.41) is 0. The van der Waals surface area contributed by atoms with E-state index in [2.05, 4.69) is 20.9 Å². The maximum absolute atomic E-state index is 14.1. The van der Waals surface area contributed by atoms with Gasteiger partial charge in [-0.1, -0.05) is 0 Å². The van der Waals surface area contributed by atoms with Gasteiger partial charge in [0, 0.05) is 32.0 Å². The lowest BCUT2D eigenvalue weighted by Gasteiger charge is -2.37. The van der Waals surface area contributed by atoms with E-state index in [0.29, 0.717) is 23.0 Å². The fraction of sp³-hybridized carbons (Fsp3) is 0.409. The second-order valence-corrected chi connectivity index (χ2v) is 9.14. The summed E-state index contributed by atoms with van der Waals surface area (Å²) in [6, 6.07) is 5.41. The van der Waals surface area contributed by atoms with Gasteiger partial charge in [0.15, 0.2) is 17.1 Å². The fourth-order valence-electron chi connectivity index (χ4n) is 4.93. The molecule has 10 heteroatoms. The van der Waals surface area contributed by atoms with Crippen LogP contribution in [-0.4, -0.2) is 51.5 Å². The molecule has 0 unspecified atom stereocenters. The molecule has 32 heavy (non-hydrogen) atoms. The highest BCUT2D eigenvalue weighted by Crippen LogP contribution is 2.47. The molecule has 1 aromatic heterocycles. The summed E-state index contributed by atoms with van der Waals surface area (Å²) in [5.74, 6) is -2.86. The first-order valence-electron chi connectivity index (χ1n) is 10.4. The van der Waals surface area contributed by atoms with Gasteiger partial charge in [0.2, 0.25) is 0 Å². The van der Waals surface area contributed by atoms with Crippen molar-refractivity contribution in [2.45, 2.75) is 43.6 Å². The maximum Gasteiger partial charge on any atom is 0.275 e. The second kappa shape index (κ2) is 7.84. The normalized spacial score (nSPS) is 24.3. The third kappa shape index (κ3) is 3.49. The molecule has 0 radical (unpaired) electrons. The Morgan fingerprint density at radius 1 is 1.09 bits per heavy atom. The van der Waals surface area contributed by atoms with Crippen molar-refractivity contribution in [2.75, 3.05) is 13.1 Å². The van der Waals surface area contributed by atoms with Gasteiger partial charge in [-0.3, -0.25) is 9.59 Å². The number of carbonyl (C=O) groups is 2. The number of rotatable bonds is 2. The Morgan fingerprint density at radius 3 is 2.47 bits per heavy atom. The molecular formula is C22H19BrF3N3O3. The number of hydrogen-bond donors (Lipinski definition) is 0. The van der Waals surface area contributed by atoms with Crippen LogP contribution >= 0.6 is 15.9 Å². The van der Waals surface area contributed by atoms with E-state index >= 15 is 0 Å². The number of piperidine rings is 1. The summed E-state index contributed by atoms with van der Waals surface area (Å²) < 4.78 is 48.1. The van der Waals surface area contributed by atoms with Crippen molar-refractivity contribution in [3.8, 4) is 0 Å². The quantitative estimate of drug-likeness (QED) is 0.575. The molecular weight excluding hydrogens is 491 g/mol. The van der Waals surface area contributed by atoms with Crippen molar-refractivity contribution >= 4 is 27.7 Å². The highest BCUT2D eigenvalue weighted by atomic mass is 79.9. The number of aromatic nitrogens is 1. The zero-order valence-corrected chi connectivity index (χ0v) is 18.4. The van der Waals surface area contributed by atoms with E-state index in [1.54, 1.807) is 4.90 Å². The smallest absolute Gasteiger partial charge is 0.275 e. The molecule has 2 aromatic rings. The molecule has 5 rings (SSSR count). The molecule has 1 spiro atoms. The van der Waals surface area contributed by atoms with Crippen LogP contribution in [0.3, 0.4) is 0 Å². The highest BCUT2D eigenvalue weighted by Gasteiger charge is 2.58. The van der Waals surface area contributed by atoms with Crippen LogP contribution in [0.4, 0.5) is 13.2 Å². The fourth-order valence-corrected chi connectivity index (χ4v) is 5.24. The minimum atomic E-state index is -1.09. The molecule has 6 nitrogen and oxygen atoms in total. The molecule has 2 atom stereocenters. The molecule has 0 saturated carbocycles. The molecule has 1 aromatic carbocycles. The van der Waals surface area contributed by atoms with Gasteiger partial charge in [-0.05, 0) is 58.6 Å². The zero-order valence-electron chi connectivity index (χ0n) is 16.9. The van der Waals surface area contributed by atoms with E-state index in [-0.39, 0.29) is 37.5 Å². The van der Waals surface area contributed by atoms with Crippen molar-refractivity contribution < 1.29 is 27.5 Å². The molecule has 3 aliphatic heterocycles. The summed E-state index contributed by atoms with van der Waals surface area (Å²) in [6.07, 6.45) is 1.15. The van der Waals surface area contributed by atoms with Crippen molar-refractivity contribution in [2.24, 2.45) is 0 Å². The van der Waals surface area contributed by atoms with Crippen LogP contribution in [0.15, 0.2) is 34.9 Å². The molecule has 2 amide bonds. The SMILES string of the molecule is O=C(c1nc(Br)ccc1F)N1CCC2(CC1)O[C@@H]1CC[C@@H](c3cc(F)cc(F)c3)N1C2=O. The number of benzene rings is 1. The Morgan fingerprint density at radius 2 is 1.78 bits per heavy atom. The Bertz CT molecular complexity index is 1090. The van der Waals surface area contributed by atoms with E-state index in [0.717, 1.165) is 6.07 Å². The summed E-state index contributed by atoms with van der Waals surface area (Å²) >= 11 is 3.14. The average molecular weight is 510 g/mol. The van der Waals surface area contributed by atoms with Gasteiger partial charge in [0.25, 0.3) is 11.8 Å². The molecule has 0 bridgehead atoms. The summed E-state index contributed by atoms with van der Waals surface area (Å²) in [6.45, 7) is 0.413. The number of nitrogens with zero attached hydrogens (tertiary/aromatic N) is 3. The Balaban J connectivity index is 1.32. The largest absolute Gasteiger partial charge is 0.342 e. The monoisotopic (exact) mass is 509 g/mol. The van der Waals surface area contributed by atoms with Gasteiger partial charge in [0.05, 0.1) is 6.04 Å². The average Bonchev–Trinajstić information content (AvgIpc) is 3.27. The number of fused-ring (bicyclic) bond motifs is 1. The minimum Gasteiger partial charge on any atom is -0.342 e. The van der Waals surface area contributed by atoms with Crippen molar-refractivity contribution in [1.29, 1.82) is 0 Å². The molecule has 3 saturated heterocycles. The van der Waals surface area contributed by atoms with Gasteiger partial charge >= 0.3 is 0 Å². The molecule has 168 valence electrons. The summed E-state index contributed by atoms with van der Waals surface area (Å²) in [5.41, 5.74) is -0.958. The van der Waals surface area contributed by atoms with Gasteiger partial charge < -0.3 is 14.5 Å². The van der Waals surface area contributed by atoms with Crippen LogP contribution in [0.5, 0.6) is 0 Å². The van der Waals surface area contributed by atoms with Crippen molar-refractivity contribution in [3.05, 3.63) is 63.6 Å². The number of carbonyl (C=O) groups excluding carboxylic acids is 2. The first-order chi connectivity index (χ1) is 15.3.